The van der Waals surface area contributed by atoms with E-state index in [4.69, 9.17) is 10.2 Å². The number of hydrogen-bond donors (Lipinski definition) is 1. The van der Waals surface area contributed by atoms with Crippen LogP contribution >= 0.6 is 0 Å². The summed E-state index contributed by atoms with van der Waals surface area (Å²) in [5.74, 6) is 0.133. The minimum Gasteiger partial charge on any atom is -0.467 e. The van der Waals surface area contributed by atoms with Gasteiger partial charge >= 0.3 is 0 Å². The largest absolute Gasteiger partial charge is 0.467 e. The Morgan fingerprint density at radius 3 is 2.69 bits per heavy atom. The molecule has 4 aromatic heterocycles. The van der Waals surface area contributed by atoms with Gasteiger partial charge in [0.2, 0.25) is 5.91 Å². The molecule has 0 saturated carbocycles. The number of furan rings is 1. The van der Waals surface area contributed by atoms with Gasteiger partial charge in [0.25, 0.3) is 5.91 Å². The molecule has 0 aliphatic carbocycles. The van der Waals surface area contributed by atoms with Gasteiger partial charge in [-0.3, -0.25) is 14.6 Å². The number of amides is 2. The standard InChI is InChI=1S/C23H24N6O3/c1-15-19(16(2)29-23(27-15)20(12-26-29)22(24)31)7-8-21(30)28(14-18-6-4-10-32-18)13-17-5-3-9-25-11-17/h3-6,9-12H,7-8,13-14H2,1-2H3,(H2,24,31). The second kappa shape index (κ2) is 9.01. The number of hydrogen-bond acceptors (Lipinski definition) is 6. The van der Waals surface area contributed by atoms with E-state index in [1.165, 1.54) is 6.20 Å². The van der Waals surface area contributed by atoms with E-state index in [0.717, 1.165) is 22.5 Å². The normalized spacial score (nSPS) is 11.1. The molecule has 2 amide bonds. The Morgan fingerprint density at radius 1 is 1.16 bits per heavy atom. The minimum atomic E-state index is -0.571. The Labute approximate surface area is 184 Å². The smallest absolute Gasteiger partial charge is 0.254 e. The monoisotopic (exact) mass is 432 g/mol. The van der Waals surface area contributed by atoms with Crippen LogP contribution in [0.25, 0.3) is 5.65 Å². The third kappa shape index (κ3) is 4.36. The van der Waals surface area contributed by atoms with Crippen molar-refractivity contribution < 1.29 is 14.0 Å². The first-order chi connectivity index (χ1) is 15.4. The number of aromatic nitrogens is 4. The molecule has 4 heterocycles. The topological polar surface area (TPSA) is 120 Å². The van der Waals surface area contributed by atoms with Gasteiger partial charge in [-0.05, 0) is 49.6 Å². The fourth-order valence-corrected chi connectivity index (χ4v) is 3.77. The zero-order valence-corrected chi connectivity index (χ0v) is 18.0. The number of rotatable bonds is 8. The Hall–Kier alpha value is -4.01. The van der Waals surface area contributed by atoms with Gasteiger partial charge in [0.1, 0.15) is 11.3 Å². The Bertz CT molecular complexity index is 1250. The van der Waals surface area contributed by atoms with Crippen molar-refractivity contribution in [3.8, 4) is 0 Å². The van der Waals surface area contributed by atoms with Crippen LogP contribution in [0.15, 0.2) is 53.5 Å². The van der Waals surface area contributed by atoms with Crippen LogP contribution in [0.1, 0.15) is 45.1 Å². The van der Waals surface area contributed by atoms with E-state index < -0.39 is 5.91 Å². The van der Waals surface area contributed by atoms with Crippen molar-refractivity contribution in [2.45, 2.75) is 39.8 Å². The van der Waals surface area contributed by atoms with Crippen molar-refractivity contribution in [2.75, 3.05) is 0 Å². The summed E-state index contributed by atoms with van der Waals surface area (Å²) in [7, 11) is 0. The van der Waals surface area contributed by atoms with E-state index in [-0.39, 0.29) is 11.5 Å². The highest BCUT2D eigenvalue weighted by atomic mass is 16.3. The van der Waals surface area contributed by atoms with Crippen LogP contribution < -0.4 is 5.73 Å². The van der Waals surface area contributed by atoms with Crippen LogP contribution in [-0.2, 0) is 24.3 Å². The number of carbonyl (C=O) groups is 2. The lowest BCUT2D eigenvalue weighted by atomic mass is 10.1. The third-order valence-corrected chi connectivity index (χ3v) is 5.44. The molecule has 164 valence electrons. The highest BCUT2D eigenvalue weighted by Crippen LogP contribution is 2.20. The van der Waals surface area contributed by atoms with Crippen LogP contribution in [0.2, 0.25) is 0 Å². The van der Waals surface area contributed by atoms with Crippen LogP contribution in [0.4, 0.5) is 0 Å². The number of carbonyl (C=O) groups excluding carboxylic acids is 2. The zero-order valence-electron chi connectivity index (χ0n) is 18.0. The fraction of sp³-hybridized carbons (Fsp3) is 0.261. The molecule has 0 radical (unpaired) electrons. The third-order valence-electron chi connectivity index (χ3n) is 5.44. The van der Waals surface area contributed by atoms with Gasteiger partial charge in [0, 0.05) is 36.7 Å². The summed E-state index contributed by atoms with van der Waals surface area (Å²) in [6, 6.07) is 7.45. The van der Waals surface area contributed by atoms with Crippen molar-refractivity contribution in [3.05, 3.63) is 83.0 Å². The lowest BCUT2D eigenvalue weighted by Crippen LogP contribution is -2.30. The van der Waals surface area contributed by atoms with Gasteiger partial charge in [-0.2, -0.15) is 5.10 Å². The molecule has 0 aromatic carbocycles. The maximum absolute atomic E-state index is 13.2. The van der Waals surface area contributed by atoms with Gasteiger partial charge < -0.3 is 15.1 Å². The minimum absolute atomic E-state index is 0.0116. The first-order valence-electron chi connectivity index (χ1n) is 10.3. The molecule has 0 bridgehead atoms. The summed E-state index contributed by atoms with van der Waals surface area (Å²) in [6.45, 7) is 4.57. The van der Waals surface area contributed by atoms with Crippen molar-refractivity contribution in [3.63, 3.8) is 0 Å². The number of aryl methyl sites for hydroxylation is 2. The molecular formula is C23H24N6O3. The molecule has 4 rings (SSSR count). The average molecular weight is 432 g/mol. The summed E-state index contributed by atoms with van der Waals surface area (Å²) in [5, 5.41) is 4.25. The SMILES string of the molecule is Cc1nc2c(C(N)=O)cnn2c(C)c1CCC(=O)N(Cc1cccnc1)Cc1ccco1. The number of primary amides is 1. The van der Waals surface area contributed by atoms with E-state index in [1.807, 2.05) is 32.0 Å². The first-order valence-corrected chi connectivity index (χ1v) is 10.3. The van der Waals surface area contributed by atoms with E-state index in [2.05, 4.69) is 15.1 Å². The van der Waals surface area contributed by atoms with E-state index >= 15 is 0 Å². The van der Waals surface area contributed by atoms with Crippen LogP contribution in [0, 0.1) is 13.8 Å². The Kier molecular flexibility index (Phi) is 5.98. The molecule has 0 unspecified atom stereocenters. The van der Waals surface area contributed by atoms with Gasteiger partial charge in [0.15, 0.2) is 5.65 Å². The van der Waals surface area contributed by atoms with E-state index in [1.54, 1.807) is 34.1 Å². The zero-order chi connectivity index (χ0) is 22.7. The van der Waals surface area contributed by atoms with Crippen molar-refractivity contribution in [1.29, 1.82) is 0 Å². The van der Waals surface area contributed by atoms with Crippen molar-refractivity contribution in [1.82, 2.24) is 24.5 Å². The lowest BCUT2D eigenvalue weighted by Gasteiger charge is -2.22. The van der Waals surface area contributed by atoms with E-state index in [9.17, 15) is 9.59 Å². The summed E-state index contributed by atoms with van der Waals surface area (Å²) in [5.41, 5.74) is 9.57. The van der Waals surface area contributed by atoms with Gasteiger partial charge in [-0.15, -0.1) is 0 Å². The molecule has 0 saturated heterocycles. The van der Waals surface area contributed by atoms with Crippen LogP contribution in [0.3, 0.4) is 0 Å². The van der Waals surface area contributed by atoms with Gasteiger partial charge in [0.05, 0.1) is 19.0 Å². The molecule has 0 spiro atoms. The molecular weight excluding hydrogens is 408 g/mol. The second-order valence-corrected chi connectivity index (χ2v) is 7.61. The highest BCUT2D eigenvalue weighted by Gasteiger charge is 2.20. The molecule has 9 heteroatoms. The summed E-state index contributed by atoms with van der Waals surface area (Å²) in [4.78, 5) is 35.2. The van der Waals surface area contributed by atoms with Crippen molar-refractivity contribution >= 4 is 17.5 Å². The van der Waals surface area contributed by atoms with Gasteiger partial charge in [-0.1, -0.05) is 6.07 Å². The average Bonchev–Trinajstić information content (AvgIpc) is 3.43. The molecule has 9 nitrogen and oxygen atoms in total. The predicted molar refractivity (Wildman–Crippen MR) is 116 cm³/mol. The molecule has 0 aliphatic heterocycles. The van der Waals surface area contributed by atoms with Crippen LogP contribution in [0.5, 0.6) is 0 Å². The fourth-order valence-electron chi connectivity index (χ4n) is 3.77. The quantitative estimate of drug-likeness (QED) is 0.457. The molecule has 0 atom stereocenters. The maximum Gasteiger partial charge on any atom is 0.254 e. The molecule has 32 heavy (non-hydrogen) atoms. The molecule has 0 aliphatic rings. The van der Waals surface area contributed by atoms with Crippen molar-refractivity contribution in [2.24, 2.45) is 5.73 Å². The first kappa shape index (κ1) is 21.2. The summed E-state index contributed by atoms with van der Waals surface area (Å²) in [6.07, 6.45) is 7.26. The summed E-state index contributed by atoms with van der Waals surface area (Å²) >= 11 is 0. The van der Waals surface area contributed by atoms with Crippen LogP contribution in [-0.4, -0.2) is 36.3 Å². The molecule has 2 N–H and O–H groups in total. The number of fused-ring (bicyclic) bond motifs is 1. The number of nitrogens with two attached hydrogens (primary N) is 1. The second-order valence-electron chi connectivity index (χ2n) is 7.61. The van der Waals surface area contributed by atoms with E-state index in [0.29, 0.717) is 37.3 Å². The Balaban J connectivity index is 1.54. The van der Waals surface area contributed by atoms with Gasteiger partial charge in [-0.25, -0.2) is 9.50 Å². The molecule has 0 fully saturated rings. The lowest BCUT2D eigenvalue weighted by molar-refractivity contribution is -0.132. The highest BCUT2D eigenvalue weighted by molar-refractivity contribution is 5.98. The number of pyridine rings is 1. The summed E-state index contributed by atoms with van der Waals surface area (Å²) < 4.78 is 7.05. The maximum atomic E-state index is 13.2. The molecule has 4 aromatic rings. The number of nitrogens with zero attached hydrogens (tertiary/aromatic N) is 5. The predicted octanol–water partition coefficient (Wildman–Crippen LogP) is 2.59. The Morgan fingerprint density at radius 2 is 2.00 bits per heavy atom.